The van der Waals surface area contributed by atoms with Crippen molar-refractivity contribution in [3.63, 3.8) is 0 Å². The number of carbonyl (C=O) groups is 3. The monoisotopic (exact) mass is 679 g/mol. The van der Waals surface area contributed by atoms with Crippen molar-refractivity contribution in [1.29, 1.82) is 0 Å². The van der Waals surface area contributed by atoms with Gasteiger partial charge in [-0.1, -0.05) is 44.2 Å². The van der Waals surface area contributed by atoms with Gasteiger partial charge < -0.3 is 20.0 Å². The van der Waals surface area contributed by atoms with E-state index in [2.05, 4.69) is 68.6 Å². The van der Waals surface area contributed by atoms with E-state index >= 15 is 0 Å². The molecule has 3 aromatic rings. The van der Waals surface area contributed by atoms with E-state index in [4.69, 9.17) is 4.42 Å². The molecule has 0 saturated carbocycles. The Kier molecular flexibility index (Phi) is 10.6. The van der Waals surface area contributed by atoms with Gasteiger partial charge in [0.15, 0.2) is 5.13 Å². The van der Waals surface area contributed by atoms with Crippen LogP contribution in [0.5, 0.6) is 0 Å². The SMILES string of the molecule is CC(C)(C)c1cnc(CSc2cnc(NC(=O)C3CCN(C4CCN(Cc5ccc(NC6CCC(=O)NC6=O)cc5)CC4)CC3)s2)o1. The molecule has 3 saturated heterocycles. The average Bonchev–Trinajstić information content (AvgIpc) is 3.73. The summed E-state index contributed by atoms with van der Waals surface area (Å²) in [5, 5.41) is 9.35. The lowest BCUT2D eigenvalue weighted by Crippen LogP contribution is -2.48. The highest BCUT2D eigenvalue weighted by atomic mass is 32.2. The summed E-state index contributed by atoms with van der Waals surface area (Å²) in [5.41, 5.74) is 2.07. The van der Waals surface area contributed by atoms with Crippen molar-refractivity contribution in [2.75, 3.05) is 36.8 Å². The molecular formula is C34H45N7O4S2. The summed E-state index contributed by atoms with van der Waals surface area (Å²) in [7, 11) is 0. The Morgan fingerprint density at radius 3 is 2.45 bits per heavy atom. The van der Waals surface area contributed by atoms with Crippen LogP contribution in [-0.2, 0) is 32.1 Å². The van der Waals surface area contributed by atoms with Gasteiger partial charge in [-0.3, -0.25) is 24.6 Å². The number of nitrogens with one attached hydrogen (secondary N) is 3. The van der Waals surface area contributed by atoms with Gasteiger partial charge in [0.1, 0.15) is 11.8 Å². The van der Waals surface area contributed by atoms with Crippen molar-refractivity contribution in [3.05, 3.63) is 53.9 Å². The maximum absolute atomic E-state index is 13.1. The zero-order valence-corrected chi connectivity index (χ0v) is 29.1. The highest BCUT2D eigenvalue weighted by Gasteiger charge is 2.31. The number of aromatic nitrogens is 2. The summed E-state index contributed by atoms with van der Waals surface area (Å²) >= 11 is 3.11. The number of imide groups is 1. The Bertz CT molecular complexity index is 1530. The molecule has 5 heterocycles. The highest BCUT2D eigenvalue weighted by molar-refractivity contribution is 8.00. The number of benzene rings is 1. The van der Waals surface area contributed by atoms with E-state index < -0.39 is 0 Å². The molecule has 2 aromatic heterocycles. The molecule has 47 heavy (non-hydrogen) atoms. The van der Waals surface area contributed by atoms with Crippen LogP contribution in [0.2, 0.25) is 0 Å². The zero-order valence-electron chi connectivity index (χ0n) is 27.4. The lowest BCUT2D eigenvalue weighted by atomic mass is 9.93. The van der Waals surface area contributed by atoms with Crippen molar-refractivity contribution < 1.29 is 18.8 Å². The minimum Gasteiger partial charge on any atom is -0.444 e. The van der Waals surface area contributed by atoms with Crippen molar-refractivity contribution in [1.82, 2.24) is 25.1 Å². The van der Waals surface area contributed by atoms with Crippen LogP contribution in [0.4, 0.5) is 10.8 Å². The van der Waals surface area contributed by atoms with Gasteiger partial charge in [-0.25, -0.2) is 9.97 Å². The number of piperidine rings is 3. The van der Waals surface area contributed by atoms with Crippen LogP contribution in [0.15, 0.2) is 45.3 Å². The molecule has 3 aliphatic rings. The third-order valence-electron chi connectivity index (χ3n) is 9.26. The Morgan fingerprint density at radius 1 is 1.02 bits per heavy atom. The lowest BCUT2D eigenvalue weighted by molar-refractivity contribution is -0.133. The third kappa shape index (κ3) is 9.01. The molecule has 11 nitrogen and oxygen atoms in total. The van der Waals surface area contributed by atoms with Gasteiger partial charge in [-0.2, -0.15) is 0 Å². The van der Waals surface area contributed by atoms with Crippen LogP contribution in [0, 0.1) is 5.92 Å². The summed E-state index contributed by atoms with van der Waals surface area (Å²) in [5.74, 6) is 1.84. The number of nitrogens with zero attached hydrogens (tertiary/aromatic N) is 4. The summed E-state index contributed by atoms with van der Waals surface area (Å²) < 4.78 is 6.91. The molecule has 3 amide bonds. The highest BCUT2D eigenvalue weighted by Crippen LogP contribution is 2.33. The van der Waals surface area contributed by atoms with E-state index in [0.29, 0.717) is 35.7 Å². The van der Waals surface area contributed by atoms with Crippen LogP contribution in [0.25, 0.3) is 0 Å². The number of thiazole rings is 1. The minimum absolute atomic E-state index is 0.0157. The summed E-state index contributed by atoms with van der Waals surface area (Å²) in [4.78, 5) is 50.4. The van der Waals surface area contributed by atoms with Crippen LogP contribution in [0.1, 0.15) is 76.5 Å². The Balaban J connectivity index is 0.881. The number of likely N-dealkylation sites (tertiary alicyclic amines) is 2. The molecule has 3 N–H and O–H groups in total. The molecule has 6 rings (SSSR count). The molecule has 1 aromatic carbocycles. The second kappa shape index (κ2) is 14.9. The number of thioether (sulfide) groups is 1. The Labute approximate surface area is 284 Å². The van der Waals surface area contributed by atoms with Gasteiger partial charge in [-0.15, -0.1) is 11.8 Å². The van der Waals surface area contributed by atoms with Crippen LogP contribution in [-0.4, -0.2) is 75.8 Å². The molecule has 1 unspecified atom stereocenters. The number of carbonyl (C=O) groups excluding carboxylic acids is 3. The maximum atomic E-state index is 13.1. The molecule has 0 bridgehead atoms. The first-order chi connectivity index (χ1) is 22.6. The number of hydrogen-bond donors (Lipinski definition) is 3. The topological polar surface area (TPSA) is 133 Å². The molecule has 0 aliphatic carbocycles. The quantitative estimate of drug-likeness (QED) is 0.193. The molecule has 3 aliphatic heterocycles. The van der Waals surface area contributed by atoms with Gasteiger partial charge in [0.25, 0.3) is 0 Å². The zero-order chi connectivity index (χ0) is 33.0. The summed E-state index contributed by atoms with van der Waals surface area (Å²) in [6.45, 7) is 11.2. The minimum atomic E-state index is -0.369. The van der Waals surface area contributed by atoms with E-state index in [0.717, 1.165) is 74.1 Å². The second-order valence-electron chi connectivity index (χ2n) is 13.8. The van der Waals surface area contributed by atoms with E-state index in [-0.39, 0.29) is 35.1 Å². The fourth-order valence-electron chi connectivity index (χ4n) is 6.41. The van der Waals surface area contributed by atoms with Crippen molar-refractivity contribution in [2.24, 2.45) is 5.92 Å². The van der Waals surface area contributed by atoms with Crippen LogP contribution < -0.4 is 16.0 Å². The predicted octanol–water partition coefficient (Wildman–Crippen LogP) is 5.25. The molecule has 3 fully saturated rings. The fourth-order valence-corrected chi connectivity index (χ4v) is 8.14. The van der Waals surface area contributed by atoms with Gasteiger partial charge >= 0.3 is 0 Å². The van der Waals surface area contributed by atoms with Crippen LogP contribution in [0.3, 0.4) is 0 Å². The number of amides is 3. The van der Waals surface area contributed by atoms with E-state index in [1.54, 1.807) is 18.0 Å². The first kappa shape index (κ1) is 33.6. The number of rotatable bonds is 10. The lowest BCUT2D eigenvalue weighted by Gasteiger charge is -2.41. The largest absolute Gasteiger partial charge is 0.444 e. The van der Waals surface area contributed by atoms with Crippen molar-refractivity contribution in [2.45, 2.75) is 93.3 Å². The predicted molar refractivity (Wildman–Crippen MR) is 184 cm³/mol. The molecule has 1 atom stereocenters. The molecule has 0 spiro atoms. The first-order valence-electron chi connectivity index (χ1n) is 16.6. The van der Waals surface area contributed by atoms with Crippen LogP contribution >= 0.6 is 23.1 Å². The normalized spacial score (nSPS) is 20.7. The Morgan fingerprint density at radius 2 is 1.77 bits per heavy atom. The second-order valence-corrected chi connectivity index (χ2v) is 16.1. The molecule has 252 valence electrons. The number of hydrogen-bond acceptors (Lipinski definition) is 11. The van der Waals surface area contributed by atoms with Crippen molar-refractivity contribution >= 4 is 51.6 Å². The number of anilines is 2. The third-order valence-corrected chi connectivity index (χ3v) is 11.4. The molecule has 13 heteroatoms. The van der Waals surface area contributed by atoms with Crippen molar-refractivity contribution in [3.8, 4) is 0 Å². The van der Waals surface area contributed by atoms with E-state index in [1.807, 2.05) is 18.3 Å². The Hall–Kier alpha value is -3.26. The van der Waals surface area contributed by atoms with E-state index in [1.165, 1.54) is 16.9 Å². The summed E-state index contributed by atoms with van der Waals surface area (Å²) in [6, 6.07) is 8.45. The molecular weight excluding hydrogens is 635 g/mol. The van der Waals surface area contributed by atoms with E-state index in [9.17, 15) is 14.4 Å². The van der Waals surface area contributed by atoms with Gasteiger partial charge in [0.2, 0.25) is 23.6 Å². The smallest absolute Gasteiger partial charge is 0.249 e. The average molecular weight is 680 g/mol. The standard InChI is InChI=1S/C34H45N7O4S2/c1-34(2,3)27-18-35-29(45-27)21-46-30-19-36-33(47-30)39-31(43)23-10-16-41(17-11-23)25-12-14-40(15-13-25)20-22-4-6-24(7-5-22)37-26-8-9-28(42)38-32(26)44/h4-7,18-19,23,25-26,37H,8-17,20-21H2,1-3H3,(H,36,39,43)(H,38,42,44). The van der Waals surface area contributed by atoms with Gasteiger partial charge in [-0.05, 0) is 76.0 Å². The van der Waals surface area contributed by atoms with Gasteiger partial charge in [0.05, 0.1) is 22.4 Å². The fraction of sp³-hybridized carbons (Fsp3) is 0.559. The maximum Gasteiger partial charge on any atom is 0.249 e. The summed E-state index contributed by atoms with van der Waals surface area (Å²) in [6.07, 6.45) is 8.51. The van der Waals surface area contributed by atoms with Gasteiger partial charge in [0, 0.05) is 36.0 Å². The number of oxazole rings is 1. The first-order valence-corrected chi connectivity index (χ1v) is 18.4. The molecule has 0 radical (unpaired) electrons.